The number of nitrogens with zero attached hydrogens (tertiary/aromatic N) is 2. The summed E-state index contributed by atoms with van der Waals surface area (Å²) in [7, 11) is 0. The second-order valence-corrected chi connectivity index (χ2v) is 10.5. The quantitative estimate of drug-likeness (QED) is 0.241. The molecule has 0 saturated carbocycles. The van der Waals surface area contributed by atoms with Crippen LogP contribution in [0, 0.1) is 13.8 Å². The summed E-state index contributed by atoms with van der Waals surface area (Å²) in [6.45, 7) is 4.18. The van der Waals surface area contributed by atoms with E-state index in [2.05, 4.69) is 111 Å². The molecule has 0 N–H and O–H groups in total. The molecule has 0 heterocycles. The zero-order valence-electron chi connectivity index (χ0n) is 17.7. The van der Waals surface area contributed by atoms with Gasteiger partial charge >= 0.3 is 195 Å². The van der Waals surface area contributed by atoms with E-state index < -0.39 is 20.9 Å². The molecule has 3 heteroatoms. The molecule has 0 aliphatic heterocycles. The monoisotopic (exact) mass is 518 g/mol. The van der Waals surface area contributed by atoms with Crippen molar-refractivity contribution in [1.82, 2.24) is 0 Å². The van der Waals surface area contributed by atoms with E-state index in [9.17, 15) is 0 Å². The first-order chi connectivity index (χ1) is 15.2. The van der Waals surface area contributed by atoms with Gasteiger partial charge in [-0.3, -0.25) is 0 Å². The molecule has 4 aromatic rings. The van der Waals surface area contributed by atoms with Gasteiger partial charge in [0.15, 0.2) is 0 Å². The van der Waals surface area contributed by atoms with Crippen molar-refractivity contribution in [1.29, 1.82) is 0 Å². The maximum atomic E-state index is 4.69. The van der Waals surface area contributed by atoms with Crippen molar-refractivity contribution < 1.29 is 0 Å². The molecule has 0 aromatic heterocycles. The molecule has 0 fully saturated rings. The normalized spacial score (nSPS) is 11.4. The van der Waals surface area contributed by atoms with Gasteiger partial charge in [-0.1, -0.05) is 0 Å². The van der Waals surface area contributed by atoms with Gasteiger partial charge < -0.3 is 0 Å². The predicted octanol–water partition coefficient (Wildman–Crippen LogP) is 5.46. The first-order valence-electron chi connectivity index (χ1n) is 10.2. The molecule has 0 spiro atoms. The zero-order valence-corrected chi connectivity index (χ0v) is 20.0. The van der Waals surface area contributed by atoms with Crippen LogP contribution in [-0.4, -0.2) is 33.4 Å². The van der Waals surface area contributed by atoms with Crippen molar-refractivity contribution >= 4 is 51.9 Å². The molecule has 4 aromatic carbocycles. The summed E-state index contributed by atoms with van der Waals surface area (Å²) < 4.78 is 2.75. The van der Waals surface area contributed by atoms with E-state index in [4.69, 9.17) is 9.98 Å². The molecular weight excluding hydrogens is 492 g/mol. The topological polar surface area (TPSA) is 24.7 Å². The average Bonchev–Trinajstić information content (AvgIpc) is 2.80. The number of aliphatic imine (C=N–C) groups is 2. The summed E-state index contributed by atoms with van der Waals surface area (Å²) in [6, 6.07) is 33.8. The number of hydrogen-bond donors (Lipinski definition) is 0. The molecule has 0 bridgehead atoms. The van der Waals surface area contributed by atoms with Crippen molar-refractivity contribution in [3.05, 3.63) is 119 Å². The van der Waals surface area contributed by atoms with Gasteiger partial charge in [-0.2, -0.15) is 0 Å². The Morgan fingerprint density at radius 1 is 0.516 bits per heavy atom. The Kier molecular flexibility index (Phi) is 7.10. The molecule has 0 radical (unpaired) electrons. The van der Waals surface area contributed by atoms with Gasteiger partial charge in [0.05, 0.1) is 0 Å². The summed E-state index contributed by atoms with van der Waals surface area (Å²) in [5.74, 6) is 0. The van der Waals surface area contributed by atoms with Crippen LogP contribution >= 0.6 is 0 Å². The van der Waals surface area contributed by atoms with Crippen LogP contribution in [0.15, 0.2) is 107 Å². The van der Waals surface area contributed by atoms with Crippen molar-refractivity contribution in [3.8, 4) is 0 Å². The van der Waals surface area contributed by atoms with E-state index in [0.29, 0.717) is 0 Å². The van der Waals surface area contributed by atoms with E-state index in [0.717, 1.165) is 11.4 Å². The molecule has 0 aliphatic carbocycles. The van der Waals surface area contributed by atoms with Crippen molar-refractivity contribution in [2.75, 3.05) is 0 Å². The summed E-state index contributed by atoms with van der Waals surface area (Å²) in [5.41, 5.74) is 6.83. The SMILES string of the molecule is Cc1ccc(N=Cc2ccccc2[Te]c2ccccc2C=Nc2ccc(C)cc2)cc1. The Morgan fingerprint density at radius 3 is 1.32 bits per heavy atom. The summed E-state index contributed by atoms with van der Waals surface area (Å²) in [4.78, 5) is 9.39. The molecule has 0 unspecified atom stereocenters. The Morgan fingerprint density at radius 2 is 0.903 bits per heavy atom. The van der Waals surface area contributed by atoms with Crippen molar-refractivity contribution in [2.24, 2.45) is 9.98 Å². The van der Waals surface area contributed by atoms with Crippen LogP contribution in [0.1, 0.15) is 22.3 Å². The Balaban J connectivity index is 1.57. The van der Waals surface area contributed by atoms with E-state index >= 15 is 0 Å². The van der Waals surface area contributed by atoms with E-state index in [-0.39, 0.29) is 0 Å². The van der Waals surface area contributed by atoms with E-state index in [1.54, 1.807) is 0 Å². The Labute approximate surface area is 194 Å². The van der Waals surface area contributed by atoms with Crippen LogP contribution < -0.4 is 7.22 Å². The molecule has 2 nitrogen and oxygen atoms in total. The molecule has 0 saturated heterocycles. The first-order valence-corrected chi connectivity index (χ1v) is 12.6. The third-order valence-corrected chi connectivity index (χ3v) is 8.21. The third-order valence-electron chi connectivity index (χ3n) is 4.83. The molecule has 0 aliphatic rings. The zero-order chi connectivity index (χ0) is 21.5. The fourth-order valence-corrected chi connectivity index (χ4v) is 5.90. The van der Waals surface area contributed by atoms with Crippen LogP contribution in [0.3, 0.4) is 0 Å². The van der Waals surface area contributed by atoms with Gasteiger partial charge in [0.25, 0.3) is 0 Å². The molecule has 31 heavy (non-hydrogen) atoms. The van der Waals surface area contributed by atoms with Gasteiger partial charge in [-0.15, -0.1) is 0 Å². The van der Waals surface area contributed by atoms with Gasteiger partial charge in [0.2, 0.25) is 0 Å². The van der Waals surface area contributed by atoms with Crippen LogP contribution in [0.5, 0.6) is 0 Å². The Bertz CT molecular complexity index is 1110. The predicted molar refractivity (Wildman–Crippen MR) is 135 cm³/mol. The summed E-state index contributed by atoms with van der Waals surface area (Å²) >= 11 is -0.591. The van der Waals surface area contributed by atoms with Crippen LogP contribution in [0.4, 0.5) is 11.4 Å². The van der Waals surface area contributed by atoms with Gasteiger partial charge in [0, 0.05) is 0 Å². The number of benzene rings is 4. The molecular formula is C28H24N2Te. The fourth-order valence-electron chi connectivity index (χ4n) is 3.03. The van der Waals surface area contributed by atoms with Crippen molar-refractivity contribution in [3.63, 3.8) is 0 Å². The fraction of sp³-hybridized carbons (Fsp3) is 0.0714. The average molecular weight is 516 g/mol. The van der Waals surface area contributed by atoms with Gasteiger partial charge in [-0.05, 0) is 0 Å². The third kappa shape index (κ3) is 6.01. The molecule has 0 atom stereocenters. The second kappa shape index (κ2) is 10.4. The van der Waals surface area contributed by atoms with Gasteiger partial charge in [-0.25, -0.2) is 0 Å². The van der Waals surface area contributed by atoms with Crippen LogP contribution in [-0.2, 0) is 0 Å². The summed E-state index contributed by atoms with van der Waals surface area (Å²) in [6.07, 6.45) is 3.99. The van der Waals surface area contributed by atoms with Gasteiger partial charge in [0.1, 0.15) is 0 Å². The van der Waals surface area contributed by atoms with Crippen molar-refractivity contribution in [2.45, 2.75) is 13.8 Å². The van der Waals surface area contributed by atoms with E-state index in [1.807, 2.05) is 12.4 Å². The first kappa shape index (κ1) is 21.2. The maximum absolute atomic E-state index is 4.69. The number of rotatable bonds is 6. The molecule has 152 valence electrons. The minimum absolute atomic E-state index is 0.591. The van der Waals surface area contributed by atoms with Crippen LogP contribution in [0.2, 0.25) is 0 Å². The number of aryl methyl sites for hydroxylation is 2. The number of hydrogen-bond acceptors (Lipinski definition) is 2. The summed E-state index contributed by atoms with van der Waals surface area (Å²) in [5, 5.41) is 0. The Hall–Kier alpha value is -2.99. The second-order valence-electron chi connectivity index (χ2n) is 7.37. The minimum atomic E-state index is -0.591. The molecule has 4 rings (SSSR count). The molecule has 0 amide bonds. The van der Waals surface area contributed by atoms with Crippen LogP contribution in [0.25, 0.3) is 0 Å². The van der Waals surface area contributed by atoms with E-state index in [1.165, 1.54) is 29.5 Å². The standard InChI is InChI=1S/C28H24N2Te/c1-21-11-15-25(16-12-21)29-19-23-7-3-5-9-27(23)31-28-10-6-4-8-24(28)20-30-26-17-13-22(2)14-18-26/h3-20H,1-2H3.